The second-order valence-corrected chi connectivity index (χ2v) is 2.21. The first-order valence-electron chi connectivity index (χ1n) is 3.50. The van der Waals surface area contributed by atoms with Crippen molar-refractivity contribution in [2.45, 2.75) is 19.9 Å². The zero-order chi connectivity index (χ0) is 7.40. The van der Waals surface area contributed by atoms with E-state index in [2.05, 4.69) is 11.9 Å². The average Bonchev–Trinajstić information content (AvgIpc) is 2.05. The van der Waals surface area contributed by atoms with E-state index in [0.717, 1.165) is 12.1 Å². The molecule has 0 spiro atoms. The lowest BCUT2D eigenvalue weighted by molar-refractivity contribution is 0.971. The Morgan fingerprint density at radius 1 is 1.42 bits per heavy atom. The molecule has 0 aromatic carbocycles. The maximum atomic E-state index is 5.41. The smallest absolute Gasteiger partial charge is 0.0542 e. The zero-order valence-corrected chi connectivity index (χ0v) is 8.62. The molecule has 0 saturated heterocycles. The van der Waals surface area contributed by atoms with Crippen molar-refractivity contribution in [3.05, 3.63) is 29.6 Å². The Kier molecular flexibility index (Phi) is 8.71. The average molecular weight is 209 g/mol. The van der Waals surface area contributed by atoms with E-state index in [0.29, 0.717) is 6.54 Å². The molecule has 0 atom stereocenters. The molecule has 0 radical (unpaired) electrons. The highest BCUT2D eigenvalue weighted by Gasteiger charge is 1.91. The molecule has 0 aliphatic carbocycles. The first-order chi connectivity index (χ1) is 4.86. The first-order valence-corrected chi connectivity index (χ1v) is 3.50. The van der Waals surface area contributed by atoms with Gasteiger partial charge in [0, 0.05) is 12.7 Å². The maximum absolute atomic E-state index is 5.41. The lowest BCUT2D eigenvalue weighted by atomic mass is 10.2. The fraction of sp³-hybridized carbons (Fsp3) is 0.375. The zero-order valence-electron chi connectivity index (χ0n) is 6.99. The van der Waals surface area contributed by atoms with Crippen molar-refractivity contribution in [3.63, 3.8) is 0 Å². The van der Waals surface area contributed by atoms with Gasteiger partial charge in [0.05, 0.1) is 5.69 Å². The largest absolute Gasteiger partial charge is 0.325 e. The van der Waals surface area contributed by atoms with Crippen LogP contribution in [0.2, 0.25) is 0 Å². The number of rotatable bonds is 2. The van der Waals surface area contributed by atoms with Crippen molar-refractivity contribution in [1.82, 2.24) is 4.98 Å². The van der Waals surface area contributed by atoms with Crippen LogP contribution in [0.1, 0.15) is 18.2 Å². The van der Waals surface area contributed by atoms with E-state index in [1.165, 1.54) is 5.56 Å². The van der Waals surface area contributed by atoms with E-state index in [1.54, 1.807) is 6.20 Å². The Labute approximate surface area is 85.4 Å². The molecule has 2 nitrogen and oxygen atoms in total. The number of nitrogens with zero attached hydrogens (tertiary/aromatic N) is 1. The van der Waals surface area contributed by atoms with Gasteiger partial charge in [-0.2, -0.15) is 0 Å². The van der Waals surface area contributed by atoms with Crippen molar-refractivity contribution in [2.75, 3.05) is 0 Å². The van der Waals surface area contributed by atoms with E-state index in [-0.39, 0.29) is 24.8 Å². The molecule has 0 aliphatic heterocycles. The molecule has 4 heteroatoms. The van der Waals surface area contributed by atoms with Crippen LogP contribution >= 0.6 is 24.8 Å². The molecule has 2 N–H and O–H groups in total. The van der Waals surface area contributed by atoms with Gasteiger partial charge >= 0.3 is 0 Å². The Morgan fingerprint density at radius 3 is 2.58 bits per heavy atom. The number of hydrogen-bond donors (Lipinski definition) is 1. The molecular weight excluding hydrogens is 195 g/mol. The van der Waals surface area contributed by atoms with Gasteiger partial charge in [0.25, 0.3) is 0 Å². The van der Waals surface area contributed by atoms with Crippen LogP contribution in [0.25, 0.3) is 0 Å². The summed E-state index contributed by atoms with van der Waals surface area (Å²) >= 11 is 0. The second kappa shape index (κ2) is 7.35. The third-order valence-corrected chi connectivity index (χ3v) is 1.50. The van der Waals surface area contributed by atoms with Crippen molar-refractivity contribution >= 4 is 24.8 Å². The van der Waals surface area contributed by atoms with E-state index >= 15 is 0 Å². The van der Waals surface area contributed by atoms with Crippen LogP contribution in [0.4, 0.5) is 0 Å². The highest BCUT2D eigenvalue weighted by Crippen LogP contribution is 2.00. The molecule has 1 aromatic heterocycles. The van der Waals surface area contributed by atoms with Crippen molar-refractivity contribution in [2.24, 2.45) is 5.73 Å². The topological polar surface area (TPSA) is 38.9 Å². The highest BCUT2D eigenvalue weighted by molar-refractivity contribution is 5.85. The summed E-state index contributed by atoms with van der Waals surface area (Å²) in [5.41, 5.74) is 7.68. The Morgan fingerprint density at radius 2 is 2.08 bits per heavy atom. The maximum Gasteiger partial charge on any atom is 0.0542 e. The monoisotopic (exact) mass is 208 g/mol. The number of aromatic nitrogens is 1. The van der Waals surface area contributed by atoms with Crippen molar-refractivity contribution in [3.8, 4) is 0 Å². The van der Waals surface area contributed by atoms with Crippen LogP contribution < -0.4 is 5.73 Å². The van der Waals surface area contributed by atoms with Gasteiger partial charge in [0.15, 0.2) is 0 Å². The summed E-state index contributed by atoms with van der Waals surface area (Å²) in [5.74, 6) is 0. The SMILES string of the molecule is CCc1ccnc(CN)c1.Cl.Cl. The van der Waals surface area contributed by atoms with Gasteiger partial charge in [0.2, 0.25) is 0 Å². The molecule has 0 amide bonds. The van der Waals surface area contributed by atoms with Crippen LogP contribution in [0.5, 0.6) is 0 Å². The predicted molar refractivity (Wildman–Crippen MR) is 56.0 cm³/mol. The second-order valence-electron chi connectivity index (χ2n) is 2.21. The minimum atomic E-state index is 0. The molecule has 1 heterocycles. The number of hydrogen-bond acceptors (Lipinski definition) is 2. The molecule has 0 fully saturated rings. The number of aryl methyl sites for hydroxylation is 1. The van der Waals surface area contributed by atoms with Crippen LogP contribution in [0.15, 0.2) is 18.3 Å². The third-order valence-electron chi connectivity index (χ3n) is 1.50. The highest BCUT2D eigenvalue weighted by atomic mass is 35.5. The van der Waals surface area contributed by atoms with Gasteiger partial charge in [0.1, 0.15) is 0 Å². The van der Waals surface area contributed by atoms with Gasteiger partial charge in [-0.1, -0.05) is 6.92 Å². The summed E-state index contributed by atoms with van der Waals surface area (Å²) < 4.78 is 0. The Hall–Kier alpha value is -0.310. The summed E-state index contributed by atoms with van der Waals surface area (Å²) in [6.07, 6.45) is 2.86. The van der Waals surface area contributed by atoms with E-state index in [4.69, 9.17) is 5.73 Å². The minimum absolute atomic E-state index is 0. The minimum Gasteiger partial charge on any atom is -0.325 e. The van der Waals surface area contributed by atoms with Crippen molar-refractivity contribution < 1.29 is 0 Å². The molecule has 0 aliphatic rings. The summed E-state index contributed by atoms with van der Waals surface area (Å²) in [6, 6.07) is 4.05. The van der Waals surface area contributed by atoms with Gasteiger partial charge < -0.3 is 5.73 Å². The summed E-state index contributed by atoms with van der Waals surface area (Å²) in [5, 5.41) is 0. The van der Waals surface area contributed by atoms with Crippen LogP contribution in [0, 0.1) is 0 Å². The first kappa shape index (κ1) is 14.2. The normalized spacial score (nSPS) is 8.17. The van der Waals surface area contributed by atoms with Crippen LogP contribution in [-0.4, -0.2) is 4.98 Å². The van der Waals surface area contributed by atoms with Gasteiger partial charge in [-0.3, -0.25) is 4.98 Å². The summed E-state index contributed by atoms with van der Waals surface area (Å²) in [7, 11) is 0. The lowest BCUT2D eigenvalue weighted by Crippen LogP contribution is -1.99. The van der Waals surface area contributed by atoms with Gasteiger partial charge in [-0.15, -0.1) is 24.8 Å². The van der Waals surface area contributed by atoms with Crippen molar-refractivity contribution in [1.29, 1.82) is 0 Å². The third kappa shape index (κ3) is 3.90. The Bertz CT molecular complexity index is 197. The molecule has 1 aromatic rings. The number of nitrogens with two attached hydrogens (primary N) is 1. The molecule has 0 bridgehead atoms. The molecule has 0 unspecified atom stereocenters. The lowest BCUT2D eigenvalue weighted by Gasteiger charge is -1.97. The molecule has 0 saturated carbocycles. The van der Waals surface area contributed by atoms with Crippen LogP contribution in [0.3, 0.4) is 0 Å². The van der Waals surface area contributed by atoms with Gasteiger partial charge in [-0.25, -0.2) is 0 Å². The van der Waals surface area contributed by atoms with E-state index in [9.17, 15) is 0 Å². The van der Waals surface area contributed by atoms with Gasteiger partial charge in [-0.05, 0) is 24.1 Å². The molecule has 70 valence electrons. The quantitative estimate of drug-likeness (QED) is 0.808. The fourth-order valence-electron chi connectivity index (χ4n) is 0.860. The fourth-order valence-corrected chi connectivity index (χ4v) is 0.860. The van der Waals surface area contributed by atoms with Crippen LogP contribution in [-0.2, 0) is 13.0 Å². The summed E-state index contributed by atoms with van der Waals surface area (Å²) in [6.45, 7) is 2.66. The number of pyridine rings is 1. The molecule has 12 heavy (non-hydrogen) atoms. The van der Waals surface area contributed by atoms with E-state index < -0.39 is 0 Å². The van der Waals surface area contributed by atoms with E-state index in [1.807, 2.05) is 12.1 Å². The number of halogens is 2. The molecule has 1 rings (SSSR count). The predicted octanol–water partition coefficient (Wildman–Crippen LogP) is 1.95. The Balaban J connectivity index is 0. The molecular formula is C8H14Cl2N2. The standard InChI is InChI=1S/C8H12N2.2ClH/c1-2-7-3-4-10-8(5-7)6-9;;/h3-5H,2,6,9H2,1H3;2*1H. The summed E-state index contributed by atoms with van der Waals surface area (Å²) in [4.78, 5) is 4.08.